The summed E-state index contributed by atoms with van der Waals surface area (Å²) in [5.41, 5.74) is 0. The Bertz CT molecular complexity index is 1320. The van der Waals surface area contributed by atoms with Gasteiger partial charge in [0, 0.05) is 12.8 Å². The monoisotopic (exact) mass is 905 g/mol. The number of carbonyl (C=O) groups excluding carboxylic acids is 2. The SMILES string of the molecule is CC/C=C\C/C=C\C/C=C\C/C=C\C/C=C\CCCCCC(=O)OC(COC(=O)CCCCCCCCCCC/C=C\C/C=C\CCCCCCC)COP(=O)(O)OCC(O)CO. The molecule has 10 nitrogen and oxygen atoms in total. The topological polar surface area (TPSA) is 149 Å². The van der Waals surface area contributed by atoms with Crippen molar-refractivity contribution < 1.29 is 47.8 Å². The van der Waals surface area contributed by atoms with Crippen molar-refractivity contribution in [1.82, 2.24) is 0 Å². The molecule has 0 rings (SSSR count). The van der Waals surface area contributed by atoms with E-state index in [1.165, 1.54) is 70.6 Å². The maximum absolute atomic E-state index is 12.7. The lowest BCUT2D eigenvalue weighted by molar-refractivity contribution is -0.161. The first-order chi connectivity index (χ1) is 30.7. The summed E-state index contributed by atoms with van der Waals surface area (Å²) in [7, 11) is -4.64. The van der Waals surface area contributed by atoms with Crippen LogP contribution in [0.5, 0.6) is 0 Å². The molecule has 63 heavy (non-hydrogen) atoms. The number of unbranched alkanes of at least 4 members (excludes halogenated alkanes) is 17. The van der Waals surface area contributed by atoms with Crippen molar-refractivity contribution in [3.63, 3.8) is 0 Å². The Labute approximate surface area is 383 Å². The van der Waals surface area contributed by atoms with Gasteiger partial charge in [0.05, 0.1) is 19.8 Å². The maximum atomic E-state index is 12.7. The molecule has 0 aliphatic rings. The number of hydrogen-bond donors (Lipinski definition) is 3. The summed E-state index contributed by atoms with van der Waals surface area (Å²) in [6.07, 6.45) is 56.9. The number of aliphatic hydroxyl groups excluding tert-OH is 2. The number of aliphatic hydroxyl groups is 2. The van der Waals surface area contributed by atoms with E-state index in [4.69, 9.17) is 23.6 Å². The largest absolute Gasteiger partial charge is 0.472 e. The molecular weight excluding hydrogens is 816 g/mol. The molecule has 0 bridgehead atoms. The van der Waals surface area contributed by atoms with E-state index in [1.54, 1.807) is 0 Å². The Hall–Kier alpha value is -2.85. The van der Waals surface area contributed by atoms with Crippen LogP contribution in [-0.4, -0.2) is 65.7 Å². The highest BCUT2D eigenvalue weighted by atomic mass is 31.2. The highest BCUT2D eigenvalue weighted by Gasteiger charge is 2.27. The van der Waals surface area contributed by atoms with Gasteiger partial charge in [-0.25, -0.2) is 4.57 Å². The van der Waals surface area contributed by atoms with Crippen LogP contribution in [0.4, 0.5) is 0 Å². The second kappa shape index (κ2) is 47.1. The zero-order chi connectivity index (χ0) is 46.2. The fourth-order valence-electron chi connectivity index (χ4n) is 6.28. The van der Waals surface area contributed by atoms with Crippen molar-refractivity contribution in [2.24, 2.45) is 0 Å². The highest BCUT2D eigenvalue weighted by Crippen LogP contribution is 2.43. The van der Waals surface area contributed by atoms with Crippen LogP contribution in [0.25, 0.3) is 0 Å². The molecule has 0 saturated carbocycles. The number of rotatable bonds is 45. The van der Waals surface area contributed by atoms with Gasteiger partial charge in [0.15, 0.2) is 6.10 Å². The summed E-state index contributed by atoms with van der Waals surface area (Å²) in [5, 5.41) is 18.4. The molecule has 0 aromatic carbocycles. The molecule has 0 aromatic heterocycles. The standard InChI is InChI=1S/C52H89O10P/c1-3-5-7-9-11-13-15-17-19-21-23-24-26-27-29-31-33-35-37-39-41-43-51(55)59-47-50(48-61-63(57,58)60-46-49(54)45-53)62-52(56)44-42-40-38-36-34-32-30-28-25-22-20-18-16-14-12-10-8-6-4-2/h6,8,12,14-15,17-18,20-21,23,25,28,32,34,49-50,53-54H,3-5,7,9-11,13,16,19,22,24,26-27,29-31,33,35-48H2,1-2H3,(H,57,58)/b8-6-,14-12-,17-15-,20-18-,23-21-,28-25-,34-32-. The van der Waals surface area contributed by atoms with Crippen LogP contribution >= 0.6 is 7.82 Å². The van der Waals surface area contributed by atoms with Gasteiger partial charge < -0.3 is 24.6 Å². The molecule has 0 amide bonds. The van der Waals surface area contributed by atoms with Crippen LogP contribution in [-0.2, 0) is 32.7 Å². The van der Waals surface area contributed by atoms with E-state index in [-0.39, 0.29) is 19.4 Å². The number of hydrogen-bond acceptors (Lipinski definition) is 9. The van der Waals surface area contributed by atoms with Crippen molar-refractivity contribution in [1.29, 1.82) is 0 Å². The summed E-state index contributed by atoms with van der Waals surface area (Å²) in [6.45, 7) is 2.22. The molecule has 0 fully saturated rings. The third kappa shape index (κ3) is 46.9. The van der Waals surface area contributed by atoms with E-state index in [0.29, 0.717) is 12.8 Å². The Kier molecular flexibility index (Phi) is 45.0. The average molecular weight is 905 g/mol. The normalized spacial score (nSPS) is 14.4. The molecule has 0 aliphatic carbocycles. The van der Waals surface area contributed by atoms with Gasteiger partial charge in [-0.1, -0.05) is 176 Å². The summed E-state index contributed by atoms with van der Waals surface area (Å²) in [4.78, 5) is 35.1. The van der Waals surface area contributed by atoms with Gasteiger partial charge in [0.2, 0.25) is 0 Å². The van der Waals surface area contributed by atoms with Crippen molar-refractivity contribution in [3.05, 3.63) is 85.1 Å². The zero-order valence-electron chi connectivity index (χ0n) is 39.5. The predicted octanol–water partition coefficient (Wildman–Crippen LogP) is 13.8. The molecule has 3 atom stereocenters. The Morgan fingerprint density at radius 1 is 0.492 bits per heavy atom. The molecule has 11 heteroatoms. The Balaban J connectivity index is 4.29. The van der Waals surface area contributed by atoms with Crippen LogP contribution < -0.4 is 0 Å². The molecule has 0 aliphatic heterocycles. The minimum Gasteiger partial charge on any atom is -0.462 e. The predicted molar refractivity (Wildman–Crippen MR) is 260 cm³/mol. The van der Waals surface area contributed by atoms with Crippen LogP contribution in [0, 0.1) is 0 Å². The van der Waals surface area contributed by atoms with Crippen molar-refractivity contribution >= 4 is 19.8 Å². The van der Waals surface area contributed by atoms with Crippen molar-refractivity contribution in [3.8, 4) is 0 Å². The van der Waals surface area contributed by atoms with E-state index in [2.05, 4.69) is 98.9 Å². The second-order valence-electron chi connectivity index (χ2n) is 16.1. The number of phosphoric ester groups is 1. The fraction of sp³-hybridized carbons (Fsp3) is 0.692. The third-order valence-corrected chi connectivity index (χ3v) is 11.0. The molecular formula is C52H89O10P. The first-order valence-corrected chi connectivity index (χ1v) is 26.0. The van der Waals surface area contributed by atoms with Crippen LogP contribution in [0.2, 0.25) is 0 Å². The number of ether oxygens (including phenoxy) is 2. The van der Waals surface area contributed by atoms with Crippen LogP contribution in [0.15, 0.2) is 85.1 Å². The maximum Gasteiger partial charge on any atom is 0.472 e. The number of phosphoric acid groups is 1. The zero-order valence-corrected chi connectivity index (χ0v) is 40.4. The number of esters is 2. The van der Waals surface area contributed by atoms with E-state index in [9.17, 15) is 24.2 Å². The minimum absolute atomic E-state index is 0.140. The Morgan fingerprint density at radius 2 is 0.873 bits per heavy atom. The van der Waals surface area contributed by atoms with Gasteiger partial charge in [0.25, 0.3) is 0 Å². The van der Waals surface area contributed by atoms with Crippen LogP contribution in [0.1, 0.15) is 194 Å². The summed E-state index contributed by atoms with van der Waals surface area (Å²) in [5.74, 6) is -0.971. The molecule has 3 N–H and O–H groups in total. The molecule has 0 spiro atoms. The second-order valence-corrected chi connectivity index (χ2v) is 17.6. The first kappa shape index (κ1) is 60.2. The summed E-state index contributed by atoms with van der Waals surface area (Å²) >= 11 is 0. The molecule has 362 valence electrons. The minimum atomic E-state index is -4.64. The van der Waals surface area contributed by atoms with E-state index >= 15 is 0 Å². The summed E-state index contributed by atoms with van der Waals surface area (Å²) in [6, 6.07) is 0. The van der Waals surface area contributed by atoms with E-state index < -0.39 is 51.8 Å². The van der Waals surface area contributed by atoms with Gasteiger partial charge in [-0.3, -0.25) is 18.6 Å². The summed E-state index contributed by atoms with van der Waals surface area (Å²) < 4.78 is 32.8. The van der Waals surface area contributed by atoms with Gasteiger partial charge in [-0.2, -0.15) is 0 Å². The van der Waals surface area contributed by atoms with Gasteiger partial charge in [-0.05, 0) is 89.9 Å². The lowest BCUT2D eigenvalue weighted by Crippen LogP contribution is -2.29. The van der Waals surface area contributed by atoms with Crippen molar-refractivity contribution in [2.45, 2.75) is 206 Å². The lowest BCUT2D eigenvalue weighted by atomic mass is 10.1. The molecule has 0 heterocycles. The lowest BCUT2D eigenvalue weighted by Gasteiger charge is -2.20. The van der Waals surface area contributed by atoms with Crippen molar-refractivity contribution in [2.75, 3.05) is 26.4 Å². The van der Waals surface area contributed by atoms with Gasteiger partial charge in [0.1, 0.15) is 12.7 Å². The molecule has 3 unspecified atom stereocenters. The number of allylic oxidation sites excluding steroid dienone is 14. The Morgan fingerprint density at radius 3 is 1.33 bits per heavy atom. The third-order valence-electron chi connectivity index (χ3n) is 10.0. The average Bonchev–Trinajstić information content (AvgIpc) is 3.27. The quantitative estimate of drug-likeness (QED) is 0.0233. The molecule has 0 radical (unpaired) electrons. The highest BCUT2D eigenvalue weighted by molar-refractivity contribution is 7.47. The first-order valence-electron chi connectivity index (χ1n) is 24.5. The molecule has 0 aromatic rings. The fourth-order valence-corrected chi connectivity index (χ4v) is 7.07. The van der Waals surface area contributed by atoms with E-state index in [0.717, 1.165) is 83.5 Å². The number of carbonyl (C=O) groups is 2. The van der Waals surface area contributed by atoms with Crippen LogP contribution in [0.3, 0.4) is 0 Å². The smallest absolute Gasteiger partial charge is 0.462 e. The van der Waals surface area contributed by atoms with E-state index in [1.807, 2.05) is 0 Å². The molecule has 0 saturated heterocycles. The van der Waals surface area contributed by atoms with Gasteiger partial charge >= 0.3 is 19.8 Å². The van der Waals surface area contributed by atoms with Gasteiger partial charge in [-0.15, -0.1) is 0 Å².